The van der Waals surface area contributed by atoms with Crippen LogP contribution in [-0.2, 0) is 28.8 Å². The molecule has 0 bridgehead atoms. The number of carbonyl (C=O) groups excluding carboxylic acids is 4. The van der Waals surface area contributed by atoms with Gasteiger partial charge in [-0.15, -0.1) is 0 Å². The standard InChI is InChI=1S/C22H40N6O8/c1-3-12(2)18(21(34)27-15(22(35)36)8-10-17(30)31)28-20(33)14(7-9-16(25)29)26-19(32)13(24)6-4-5-11-23/h12-15,18H,3-11,23-24H2,1-2H3,(H2,25,29)(H,26,32)(H,27,34)(H,28,33)(H,30,31)(H,35,36). The molecule has 0 fully saturated rings. The van der Waals surface area contributed by atoms with Crippen LogP contribution in [0.1, 0.15) is 65.2 Å². The topological polar surface area (TPSA) is 257 Å². The second-order valence-electron chi connectivity index (χ2n) is 8.66. The zero-order valence-corrected chi connectivity index (χ0v) is 20.8. The van der Waals surface area contributed by atoms with E-state index in [0.29, 0.717) is 32.2 Å². The molecule has 14 nitrogen and oxygen atoms in total. The van der Waals surface area contributed by atoms with Crippen molar-refractivity contribution in [1.29, 1.82) is 0 Å². The number of nitrogens with two attached hydrogens (primary N) is 3. The van der Waals surface area contributed by atoms with E-state index in [1.165, 1.54) is 0 Å². The molecule has 0 radical (unpaired) electrons. The summed E-state index contributed by atoms with van der Waals surface area (Å²) in [7, 11) is 0. The van der Waals surface area contributed by atoms with Crippen molar-refractivity contribution in [2.75, 3.05) is 6.54 Å². The fourth-order valence-electron chi connectivity index (χ4n) is 3.22. The van der Waals surface area contributed by atoms with Crippen LogP contribution in [0.4, 0.5) is 0 Å². The Morgan fingerprint density at radius 3 is 1.89 bits per heavy atom. The molecule has 0 rings (SSSR count). The molecule has 0 saturated heterocycles. The molecule has 5 atom stereocenters. The van der Waals surface area contributed by atoms with E-state index in [1.807, 2.05) is 0 Å². The number of carbonyl (C=O) groups is 6. The van der Waals surface area contributed by atoms with Gasteiger partial charge in [0.05, 0.1) is 6.04 Å². The Morgan fingerprint density at radius 2 is 1.39 bits per heavy atom. The lowest BCUT2D eigenvalue weighted by Gasteiger charge is -2.28. The highest BCUT2D eigenvalue weighted by Gasteiger charge is 2.33. The van der Waals surface area contributed by atoms with Crippen molar-refractivity contribution in [3.8, 4) is 0 Å². The van der Waals surface area contributed by atoms with E-state index in [0.717, 1.165) is 0 Å². The van der Waals surface area contributed by atoms with Gasteiger partial charge >= 0.3 is 11.9 Å². The van der Waals surface area contributed by atoms with Crippen molar-refractivity contribution in [1.82, 2.24) is 16.0 Å². The number of primary amides is 1. The van der Waals surface area contributed by atoms with Crippen molar-refractivity contribution >= 4 is 35.6 Å². The average molecular weight is 517 g/mol. The van der Waals surface area contributed by atoms with Crippen molar-refractivity contribution in [2.24, 2.45) is 23.1 Å². The van der Waals surface area contributed by atoms with Crippen molar-refractivity contribution in [2.45, 2.75) is 89.4 Å². The van der Waals surface area contributed by atoms with Gasteiger partial charge in [0.25, 0.3) is 0 Å². The predicted octanol–water partition coefficient (Wildman–Crippen LogP) is -1.84. The van der Waals surface area contributed by atoms with Gasteiger partial charge in [-0.05, 0) is 38.1 Å². The summed E-state index contributed by atoms with van der Waals surface area (Å²) in [5, 5.41) is 25.4. The predicted molar refractivity (Wildman–Crippen MR) is 129 cm³/mol. The molecule has 206 valence electrons. The summed E-state index contributed by atoms with van der Waals surface area (Å²) in [6.45, 7) is 3.85. The third-order valence-electron chi connectivity index (χ3n) is 5.67. The number of hydrogen-bond acceptors (Lipinski definition) is 8. The van der Waals surface area contributed by atoms with Gasteiger partial charge in [-0.1, -0.05) is 26.7 Å². The van der Waals surface area contributed by atoms with E-state index in [1.54, 1.807) is 13.8 Å². The van der Waals surface area contributed by atoms with Crippen LogP contribution in [0.2, 0.25) is 0 Å². The Morgan fingerprint density at radius 1 is 0.806 bits per heavy atom. The van der Waals surface area contributed by atoms with Gasteiger partial charge in [0, 0.05) is 12.8 Å². The molecule has 36 heavy (non-hydrogen) atoms. The average Bonchev–Trinajstić information content (AvgIpc) is 2.81. The molecule has 0 spiro atoms. The number of hydrogen-bond donors (Lipinski definition) is 8. The molecule has 0 aromatic rings. The lowest BCUT2D eigenvalue weighted by Crippen LogP contribution is -2.58. The molecule has 0 heterocycles. The maximum Gasteiger partial charge on any atom is 0.326 e. The summed E-state index contributed by atoms with van der Waals surface area (Å²) >= 11 is 0. The van der Waals surface area contributed by atoms with Crippen LogP contribution >= 0.6 is 0 Å². The Balaban J connectivity index is 5.55. The summed E-state index contributed by atoms with van der Waals surface area (Å²) < 4.78 is 0. The third-order valence-corrected chi connectivity index (χ3v) is 5.67. The van der Waals surface area contributed by atoms with Crippen LogP contribution in [0, 0.1) is 5.92 Å². The minimum atomic E-state index is -1.48. The van der Waals surface area contributed by atoms with Gasteiger partial charge in [0.15, 0.2) is 0 Å². The first-order chi connectivity index (χ1) is 16.8. The van der Waals surface area contributed by atoms with E-state index >= 15 is 0 Å². The Kier molecular flexibility index (Phi) is 15.7. The molecule has 0 saturated carbocycles. The summed E-state index contributed by atoms with van der Waals surface area (Å²) in [6, 6.07) is -4.82. The second kappa shape index (κ2) is 17.2. The smallest absolute Gasteiger partial charge is 0.326 e. The first kappa shape index (κ1) is 32.7. The Bertz CT molecular complexity index is 778. The largest absolute Gasteiger partial charge is 0.481 e. The van der Waals surface area contributed by atoms with Crippen LogP contribution in [0.5, 0.6) is 0 Å². The zero-order valence-electron chi connectivity index (χ0n) is 20.8. The summed E-state index contributed by atoms with van der Waals surface area (Å²) in [4.78, 5) is 71.9. The highest BCUT2D eigenvalue weighted by atomic mass is 16.4. The second-order valence-corrected chi connectivity index (χ2v) is 8.66. The van der Waals surface area contributed by atoms with E-state index in [9.17, 15) is 33.9 Å². The highest BCUT2D eigenvalue weighted by molar-refractivity contribution is 5.94. The molecule has 0 aromatic carbocycles. The normalized spacial score (nSPS) is 15.0. The lowest BCUT2D eigenvalue weighted by molar-refractivity contribution is -0.143. The van der Waals surface area contributed by atoms with Crippen LogP contribution in [0.25, 0.3) is 0 Å². The fourth-order valence-corrected chi connectivity index (χ4v) is 3.22. The molecule has 0 aliphatic carbocycles. The third kappa shape index (κ3) is 13.0. The Hall–Kier alpha value is -3.26. The van der Waals surface area contributed by atoms with Crippen LogP contribution in [0.3, 0.4) is 0 Å². The number of carboxylic acid groups (broad SMARTS) is 2. The van der Waals surface area contributed by atoms with Crippen LogP contribution in [0.15, 0.2) is 0 Å². The first-order valence-electron chi connectivity index (χ1n) is 11.9. The van der Waals surface area contributed by atoms with Gasteiger partial charge in [-0.25, -0.2) is 4.79 Å². The number of nitrogens with one attached hydrogen (secondary N) is 3. The molecule has 0 aromatic heterocycles. The monoisotopic (exact) mass is 516 g/mol. The van der Waals surface area contributed by atoms with E-state index in [2.05, 4.69) is 16.0 Å². The van der Waals surface area contributed by atoms with E-state index in [-0.39, 0.29) is 19.3 Å². The fraction of sp³-hybridized carbons (Fsp3) is 0.727. The zero-order chi connectivity index (χ0) is 27.8. The van der Waals surface area contributed by atoms with Crippen molar-refractivity contribution < 1.29 is 39.0 Å². The van der Waals surface area contributed by atoms with Gasteiger partial charge in [-0.2, -0.15) is 0 Å². The van der Waals surface area contributed by atoms with Gasteiger partial charge in [0.2, 0.25) is 23.6 Å². The van der Waals surface area contributed by atoms with Gasteiger partial charge in [-0.3, -0.25) is 24.0 Å². The molecular weight excluding hydrogens is 476 g/mol. The minimum Gasteiger partial charge on any atom is -0.481 e. The van der Waals surface area contributed by atoms with Gasteiger partial charge in [0.1, 0.15) is 18.1 Å². The number of aliphatic carboxylic acids is 2. The van der Waals surface area contributed by atoms with Gasteiger partial charge < -0.3 is 43.4 Å². The number of rotatable bonds is 19. The maximum absolute atomic E-state index is 13.0. The molecule has 14 heteroatoms. The molecular formula is C22H40N6O8. The number of unbranched alkanes of at least 4 members (excludes halogenated alkanes) is 1. The van der Waals surface area contributed by atoms with E-state index in [4.69, 9.17) is 22.3 Å². The highest BCUT2D eigenvalue weighted by Crippen LogP contribution is 2.11. The van der Waals surface area contributed by atoms with Crippen LogP contribution in [-0.4, -0.2) is 76.5 Å². The van der Waals surface area contributed by atoms with Crippen molar-refractivity contribution in [3.63, 3.8) is 0 Å². The number of carboxylic acids is 2. The SMILES string of the molecule is CCC(C)C(NC(=O)C(CCC(N)=O)NC(=O)C(N)CCCCN)C(=O)NC(CCC(=O)O)C(=O)O. The molecule has 0 aliphatic heterocycles. The molecule has 0 aliphatic rings. The lowest BCUT2D eigenvalue weighted by atomic mass is 9.96. The Labute approximate surface area is 210 Å². The summed E-state index contributed by atoms with van der Waals surface area (Å²) in [5.74, 6) is -6.03. The summed E-state index contributed by atoms with van der Waals surface area (Å²) in [6.07, 6.45) is 0.827. The molecule has 11 N–H and O–H groups in total. The van der Waals surface area contributed by atoms with Crippen molar-refractivity contribution in [3.05, 3.63) is 0 Å². The molecule has 5 unspecified atom stereocenters. The van der Waals surface area contributed by atoms with E-state index < -0.39 is 72.1 Å². The summed E-state index contributed by atoms with van der Waals surface area (Å²) in [5.41, 5.74) is 16.5. The van der Waals surface area contributed by atoms with Crippen LogP contribution < -0.4 is 33.2 Å². The first-order valence-corrected chi connectivity index (χ1v) is 11.9. The molecule has 4 amide bonds. The quantitative estimate of drug-likeness (QED) is 0.0889. The maximum atomic E-state index is 13.0. The minimum absolute atomic E-state index is 0.145. The number of amides is 4.